The summed E-state index contributed by atoms with van der Waals surface area (Å²) in [7, 11) is 0. The summed E-state index contributed by atoms with van der Waals surface area (Å²) in [6, 6.07) is 7.98. The van der Waals surface area contributed by atoms with Crippen molar-refractivity contribution >= 4 is 28.9 Å². The molecule has 0 spiro atoms. The molecule has 0 aliphatic carbocycles. The number of aromatic nitrogens is 6. The lowest BCUT2D eigenvalue weighted by Gasteiger charge is -2.07. The van der Waals surface area contributed by atoms with Gasteiger partial charge in [0, 0.05) is 28.5 Å². The molecule has 0 radical (unpaired) electrons. The Balaban J connectivity index is 1.54. The van der Waals surface area contributed by atoms with Crippen molar-refractivity contribution in [2.75, 3.05) is 5.75 Å². The number of benzene rings is 1. The van der Waals surface area contributed by atoms with Gasteiger partial charge in [-0.15, -0.1) is 16.4 Å². The van der Waals surface area contributed by atoms with Gasteiger partial charge in [0.2, 0.25) is 5.16 Å². The summed E-state index contributed by atoms with van der Waals surface area (Å²) >= 11 is 2.89. The molecule has 0 unspecified atom stereocenters. The Bertz CT molecular complexity index is 1180. The van der Waals surface area contributed by atoms with Crippen LogP contribution in [0.3, 0.4) is 0 Å². The van der Waals surface area contributed by atoms with Crippen molar-refractivity contribution in [3.8, 4) is 10.8 Å². The molecule has 0 aliphatic rings. The smallest absolute Gasteiger partial charge is 0.214 e. The Morgan fingerprint density at radius 3 is 2.69 bits per heavy atom. The monoisotopic (exact) mass is 424 g/mol. The number of Topliss-reactive ketones (excluding diaryl/α,β-unsaturated/α-hetero) is 1. The van der Waals surface area contributed by atoms with E-state index < -0.39 is 0 Å². The molecule has 3 heterocycles. The van der Waals surface area contributed by atoms with Crippen molar-refractivity contribution in [2.45, 2.75) is 32.9 Å². The number of thiazole rings is 1. The molecule has 0 atom stereocenters. The molecule has 0 saturated carbocycles. The standard InChI is InChI=1S/C20H20N6OS2/c1-12-5-6-16(9-13(12)2)26-20(22-23-24-26)29-11-18(27)17-10-14(3)25(15(17)4)19-21-7-8-28-19/h5-10H,11H2,1-4H3. The first-order valence-electron chi connectivity index (χ1n) is 9.06. The molecule has 0 aliphatic heterocycles. The first-order valence-corrected chi connectivity index (χ1v) is 10.9. The maximum Gasteiger partial charge on any atom is 0.214 e. The van der Waals surface area contributed by atoms with Crippen LogP contribution in [0, 0.1) is 27.7 Å². The molecule has 1 aromatic carbocycles. The maximum absolute atomic E-state index is 12.9. The normalized spacial score (nSPS) is 11.2. The minimum atomic E-state index is 0.0422. The van der Waals surface area contributed by atoms with Crippen LogP contribution in [-0.4, -0.2) is 41.3 Å². The quantitative estimate of drug-likeness (QED) is 0.342. The lowest BCUT2D eigenvalue weighted by Crippen LogP contribution is -2.07. The summed E-state index contributed by atoms with van der Waals surface area (Å²) in [6.45, 7) is 8.05. The van der Waals surface area contributed by atoms with Crippen LogP contribution >= 0.6 is 23.1 Å². The average molecular weight is 425 g/mol. The van der Waals surface area contributed by atoms with Crippen LogP contribution in [0.25, 0.3) is 10.8 Å². The van der Waals surface area contributed by atoms with Crippen LogP contribution in [0.15, 0.2) is 41.0 Å². The van der Waals surface area contributed by atoms with Gasteiger partial charge in [0.05, 0.1) is 11.4 Å². The zero-order chi connectivity index (χ0) is 20.5. The van der Waals surface area contributed by atoms with Crippen LogP contribution in [0.5, 0.6) is 0 Å². The van der Waals surface area contributed by atoms with Crippen molar-refractivity contribution in [2.24, 2.45) is 0 Å². The zero-order valence-corrected chi connectivity index (χ0v) is 18.2. The van der Waals surface area contributed by atoms with E-state index in [1.54, 1.807) is 22.2 Å². The molecule has 0 bridgehead atoms. The molecule has 148 valence electrons. The number of aryl methyl sites for hydroxylation is 3. The van der Waals surface area contributed by atoms with Gasteiger partial charge in [-0.1, -0.05) is 17.8 Å². The van der Waals surface area contributed by atoms with Gasteiger partial charge >= 0.3 is 0 Å². The van der Waals surface area contributed by atoms with Gasteiger partial charge in [-0.25, -0.2) is 4.98 Å². The largest absolute Gasteiger partial charge is 0.294 e. The lowest BCUT2D eigenvalue weighted by atomic mass is 10.1. The van der Waals surface area contributed by atoms with E-state index in [0.717, 1.165) is 22.2 Å². The molecule has 4 rings (SSSR count). The number of rotatable bonds is 6. The van der Waals surface area contributed by atoms with Crippen molar-refractivity contribution in [3.05, 3.63) is 63.9 Å². The van der Waals surface area contributed by atoms with Crippen molar-refractivity contribution in [3.63, 3.8) is 0 Å². The summed E-state index contributed by atoms with van der Waals surface area (Å²) in [4.78, 5) is 17.3. The number of nitrogens with zero attached hydrogens (tertiary/aromatic N) is 6. The number of ketones is 1. The van der Waals surface area contributed by atoms with E-state index in [1.165, 1.54) is 22.9 Å². The fraction of sp³-hybridized carbons (Fsp3) is 0.250. The average Bonchev–Trinajstić information content (AvgIpc) is 3.43. The predicted molar refractivity (Wildman–Crippen MR) is 115 cm³/mol. The first kappa shape index (κ1) is 19.5. The second-order valence-electron chi connectivity index (χ2n) is 6.79. The number of hydrogen-bond donors (Lipinski definition) is 0. The molecule has 0 amide bonds. The predicted octanol–water partition coefficient (Wildman–Crippen LogP) is 4.12. The Morgan fingerprint density at radius 2 is 1.97 bits per heavy atom. The minimum Gasteiger partial charge on any atom is -0.294 e. The van der Waals surface area contributed by atoms with Gasteiger partial charge in [0.15, 0.2) is 10.9 Å². The molecule has 0 saturated heterocycles. The Hall–Kier alpha value is -2.78. The molecule has 7 nitrogen and oxygen atoms in total. The number of hydrogen-bond acceptors (Lipinski definition) is 7. The summed E-state index contributed by atoms with van der Waals surface area (Å²) < 4.78 is 3.69. The van der Waals surface area contributed by atoms with Crippen LogP contribution in [0.4, 0.5) is 0 Å². The lowest BCUT2D eigenvalue weighted by molar-refractivity contribution is 0.102. The molecule has 4 aromatic rings. The summed E-state index contributed by atoms with van der Waals surface area (Å²) in [6.07, 6.45) is 1.77. The highest BCUT2D eigenvalue weighted by Crippen LogP contribution is 2.25. The van der Waals surface area contributed by atoms with Gasteiger partial charge in [0.1, 0.15) is 0 Å². The maximum atomic E-state index is 12.9. The number of thioether (sulfide) groups is 1. The third-order valence-electron chi connectivity index (χ3n) is 4.85. The molecular weight excluding hydrogens is 404 g/mol. The topological polar surface area (TPSA) is 78.5 Å². The van der Waals surface area contributed by atoms with E-state index in [9.17, 15) is 4.79 Å². The van der Waals surface area contributed by atoms with E-state index in [2.05, 4.69) is 34.4 Å². The fourth-order valence-corrected chi connectivity index (χ4v) is 4.69. The van der Waals surface area contributed by atoms with Gasteiger partial charge in [-0.3, -0.25) is 9.36 Å². The van der Waals surface area contributed by atoms with Crippen molar-refractivity contribution in [1.82, 2.24) is 29.8 Å². The molecular formula is C20H20N6OS2. The minimum absolute atomic E-state index is 0.0422. The van der Waals surface area contributed by atoms with Crippen molar-refractivity contribution in [1.29, 1.82) is 0 Å². The Kier molecular flexibility index (Phi) is 5.33. The van der Waals surface area contributed by atoms with E-state index in [-0.39, 0.29) is 11.5 Å². The number of tetrazole rings is 1. The van der Waals surface area contributed by atoms with Crippen LogP contribution in [0.2, 0.25) is 0 Å². The summed E-state index contributed by atoms with van der Waals surface area (Å²) in [5.74, 6) is 0.299. The van der Waals surface area contributed by atoms with Crippen LogP contribution in [-0.2, 0) is 0 Å². The SMILES string of the molecule is Cc1ccc(-n2nnnc2SCC(=O)c2cc(C)n(-c3nccs3)c2C)cc1C. The second kappa shape index (κ2) is 7.92. The highest BCUT2D eigenvalue weighted by molar-refractivity contribution is 7.99. The van der Waals surface area contributed by atoms with E-state index >= 15 is 0 Å². The van der Waals surface area contributed by atoms with Gasteiger partial charge in [-0.05, 0) is 67.4 Å². The van der Waals surface area contributed by atoms with Crippen LogP contribution < -0.4 is 0 Å². The fourth-order valence-electron chi connectivity index (χ4n) is 3.16. The van der Waals surface area contributed by atoms with E-state index in [1.807, 2.05) is 48.1 Å². The van der Waals surface area contributed by atoms with E-state index in [0.29, 0.717) is 10.7 Å². The van der Waals surface area contributed by atoms with Gasteiger partial charge < -0.3 is 0 Å². The number of carbonyl (C=O) groups is 1. The van der Waals surface area contributed by atoms with E-state index in [4.69, 9.17) is 0 Å². The molecule has 29 heavy (non-hydrogen) atoms. The molecule has 9 heteroatoms. The third kappa shape index (κ3) is 3.75. The van der Waals surface area contributed by atoms with Crippen LogP contribution in [0.1, 0.15) is 32.9 Å². The summed E-state index contributed by atoms with van der Waals surface area (Å²) in [5, 5.41) is 15.4. The van der Waals surface area contributed by atoms with Crippen molar-refractivity contribution < 1.29 is 4.79 Å². The molecule has 0 fully saturated rings. The molecule has 0 N–H and O–H groups in total. The number of carbonyl (C=O) groups excluding carboxylic acids is 1. The zero-order valence-electron chi connectivity index (χ0n) is 16.6. The first-order chi connectivity index (χ1) is 14.0. The highest BCUT2D eigenvalue weighted by Gasteiger charge is 2.19. The highest BCUT2D eigenvalue weighted by atomic mass is 32.2. The summed E-state index contributed by atoms with van der Waals surface area (Å²) in [5.41, 5.74) is 5.86. The molecule has 3 aromatic heterocycles. The van der Waals surface area contributed by atoms with Gasteiger partial charge in [-0.2, -0.15) is 4.68 Å². The van der Waals surface area contributed by atoms with Gasteiger partial charge in [0.25, 0.3) is 0 Å². The Morgan fingerprint density at radius 1 is 1.14 bits per heavy atom. The Labute approximate surface area is 176 Å². The second-order valence-corrected chi connectivity index (χ2v) is 8.60. The third-order valence-corrected chi connectivity index (χ3v) is 6.53.